The topological polar surface area (TPSA) is 118 Å². The molecule has 3 amide bonds. The maximum Gasteiger partial charge on any atom is 0.271 e. The van der Waals surface area contributed by atoms with E-state index in [4.69, 9.17) is 0 Å². The number of hydrogen-bond donors (Lipinski definition) is 3. The second kappa shape index (κ2) is 9.36. The largest absolute Gasteiger partial charge is 0.356 e. The van der Waals surface area contributed by atoms with Crippen molar-refractivity contribution in [3.63, 3.8) is 0 Å². The molecule has 0 unspecified atom stereocenters. The summed E-state index contributed by atoms with van der Waals surface area (Å²) in [5.74, 6) is -8.76. The molecule has 8 nitrogen and oxygen atoms in total. The quantitative estimate of drug-likeness (QED) is 0.527. The lowest BCUT2D eigenvalue weighted by molar-refractivity contribution is -0.179. The first-order valence-electron chi connectivity index (χ1n) is 12.3. The van der Waals surface area contributed by atoms with Crippen LogP contribution in [0.15, 0.2) is 18.2 Å². The van der Waals surface area contributed by atoms with E-state index >= 15 is 0 Å². The zero-order valence-corrected chi connectivity index (χ0v) is 19.7. The van der Waals surface area contributed by atoms with E-state index in [1.165, 1.54) is 0 Å². The van der Waals surface area contributed by atoms with Gasteiger partial charge in [0.1, 0.15) is 29.4 Å². The highest BCUT2D eigenvalue weighted by atomic mass is 19.3. The molecule has 196 valence electrons. The lowest BCUT2D eigenvalue weighted by Gasteiger charge is -2.53. The molecule has 5 atom stereocenters. The van der Waals surface area contributed by atoms with Gasteiger partial charge in [-0.1, -0.05) is 0 Å². The Bertz CT molecular complexity index is 1270. The minimum atomic E-state index is -3.22. The second-order valence-corrected chi connectivity index (χ2v) is 10.0. The van der Waals surface area contributed by atoms with Gasteiger partial charge in [-0.15, -0.1) is 0 Å². The number of piperidine rings is 3. The number of nitriles is 1. The summed E-state index contributed by atoms with van der Waals surface area (Å²) >= 11 is 0. The summed E-state index contributed by atoms with van der Waals surface area (Å²) < 4.78 is 58.3. The third kappa shape index (κ3) is 4.40. The SMILES string of the molecule is N#C[C@@H](C[C@@H]1CCCNC1=O)NC(=O)[C@H]1[C@@H]2CC[C@@H](CC2(F)F)N1C(=O)c1cc2c(F)ccc(F)c2[nH]1. The number of hydrogen-bond acceptors (Lipinski definition) is 4. The molecule has 4 aliphatic rings. The Morgan fingerprint density at radius 2 is 1.97 bits per heavy atom. The van der Waals surface area contributed by atoms with Gasteiger partial charge in [0.15, 0.2) is 0 Å². The van der Waals surface area contributed by atoms with Gasteiger partial charge in [-0.2, -0.15) is 5.26 Å². The van der Waals surface area contributed by atoms with Crippen LogP contribution in [0.4, 0.5) is 17.6 Å². The fourth-order valence-corrected chi connectivity index (χ4v) is 5.95. The third-order valence-electron chi connectivity index (χ3n) is 7.75. The normalized spacial score (nSPS) is 27.4. The monoisotopic (exact) mass is 519 g/mol. The number of aromatic amines is 1. The molecular formula is C25H25F4N5O3. The van der Waals surface area contributed by atoms with Crippen LogP contribution in [0.2, 0.25) is 0 Å². The third-order valence-corrected chi connectivity index (χ3v) is 7.75. The van der Waals surface area contributed by atoms with Gasteiger partial charge >= 0.3 is 0 Å². The summed E-state index contributed by atoms with van der Waals surface area (Å²) in [5.41, 5.74) is -0.476. The molecule has 1 saturated carbocycles. The molecule has 0 spiro atoms. The molecule has 1 aromatic heterocycles. The highest BCUT2D eigenvalue weighted by Crippen LogP contribution is 2.49. The van der Waals surface area contributed by atoms with Crippen molar-refractivity contribution >= 4 is 28.6 Å². The highest BCUT2D eigenvalue weighted by molar-refractivity contribution is 6.01. The van der Waals surface area contributed by atoms with Crippen LogP contribution in [0.1, 0.15) is 49.0 Å². The van der Waals surface area contributed by atoms with E-state index in [-0.39, 0.29) is 41.8 Å². The van der Waals surface area contributed by atoms with Crippen molar-refractivity contribution < 1.29 is 31.9 Å². The van der Waals surface area contributed by atoms with E-state index in [1.54, 1.807) is 0 Å². The first kappa shape index (κ1) is 25.0. The molecule has 1 aromatic carbocycles. The van der Waals surface area contributed by atoms with Gasteiger partial charge < -0.3 is 20.5 Å². The zero-order chi connectivity index (χ0) is 26.5. The van der Waals surface area contributed by atoms with E-state index in [1.807, 2.05) is 6.07 Å². The van der Waals surface area contributed by atoms with Crippen molar-refractivity contribution in [1.29, 1.82) is 5.26 Å². The molecule has 0 radical (unpaired) electrons. The molecule has 4 heterocycles. The van der Waals surface area contributed by atoms with Gasteiger partial charge in [0.25, 0.3) is 11.8 Å². The Morgan fingerprint density at radius 3 is 2.65 bits per heavy atom. The number of carbonyl (C=O) groups excluding carboxylic acids is 3. The first-order valence-corrected chi connectivity index (χ1v) is 12.3. The van der Waals surface area contributed by atoms with Crippen LogP contribution < -0.4 is 10.6 Å². The summed E-state index contributed by atoms with van der Waals surface area (Å²) in [6, 6.07) is 1.14. The van der Waals surface area contributed by atoms with Crippen LogP contribution in [0.3, 0.4) is 0 Å². The summed E-state index contributed by atoms with van der Waals surface area (Å²) in [4.78, 5) is 42.6. The van der Waals surface area contributed by atoms with Gasteiger partial charge in [0, 0.05) is 30.3 Å². The average molecular weight is 519 g/mol. The Hall–Kier alpha value is -3.62. The molecule has 3 saturated heterocycles. The minimum absolute atomic E-state index is 0.00224. The summed E-state index contributed by atoms with van der Waals surface area (Å²) in [6.07, 6.45) is 0.861. The maximum atomic E-state index is 14.9. The predicted octanol–water partition coefficient (Wildman–Crippen LogP) is 3.00. The zero-order valence-electron chi connectivity index (χ0n) is 19.7. The van der Waals surface area contributed by atoms with Gasteiger partial charge in [-0.05, 0) is 50.3 Å². The average Bonchev–Trinajstić information content (AvgIpc) is 3.33. The molecule has 1 aliphatic carbocycles. The number of halogens is 4. The van der Waals surface area contributed by atoms with Gasteiger partial charge in [-0.3, -0.25) is 14.4 Å². The Kier molecular flexibility index (Phi) is 6.33. The molecule has 4 fully saturated rings. The maximum absolute atomic E-state index is 14.9. The predicted molar refractivity (Wildman–Crippen MR) is 122 cm³/mol. The van der Waals surface area contributed by atoms with Crippen LogP contribution in [-0.2, 0) is 9.59 Å². The molecule has 2 aromatic rings. The number of nitrogens with one attached hydrogen (secondary N) is 3. The number of benzene rings is 1. The number of aromatic nitrogens is 1. The van der Waals surface area contributed by atoms with E-state index in [9.17, 15) is 37.2 Å². The fourth-order valence-electron chi connectivity index (χ4n) is 5.95. The van der Waals surface area contributed by atoms with Gasteiger partial charge in [-0.25, -0.2) is 17.6 Å². The van der Waals surface area contributed by atoms with Crippen molar-refractivity contribution in [1.82, 2.24) is 20.5 Å². The summed E-state index contributed by atoms with van der Waals surface area (Å²) in [5, 5.41) is 14.6. The smallest absolute Gasteiger partial charge is 0.271 e. The fraction of sp³-hybridized carbons (Fsp3) is 0.520. The standard InChI is InChI=1S/C25H25F4N5O3/c26-17-5-6-18(27)20-15(17)9-19(33-20)24(37)34-14-3-4-16(25(28,29)10-14)21(34)23(36)32-13(11-30)8-12-2-1-7-31-22(12)35/h5-6,9,12-14,16,21,33H,1-4,7-8,10H2,(H,31,35)(H,32,36)/t12-,13+,14-,16-,21+/m0/s1. The second-order valence-electron chi connectivity index (χ2n) is 10.0. The van der Waals surface area contributed by atoms with Crippen molar-refractivity contribution in [2.45, 2.75) is 62.6 Å². The van der Waals surface area contributed by atoms with Gasteiger partial charge in [0.05, 0.1) is 17.5 Å². The van der Waals surface area contributed by atoms with E-state index in [2.05, 4.69) is 15.6 Å². The van der Waals surface area contributed by atoms with E-state index in [0.717, 1.165) is 29.5 Å². The van der Waals surface area contributed by atoms with Crippen LogP contribution in [0.5, 0.6) is 0 Å². The summed E-state index contributed by atoms with van der Waals surface area (Å²) in [6.45, 7) is 0.526. The van der Waals surface area contributed by atoms with Crippen molar-refractivity contribution in [3.8, 4) is 6.07 Å². The van der Waals surface area contributed by atoms with Crippen molar-refractivity contribution in [2.24, 2.45) is 11.8 Å². The Balaban J connectivity index is 1.43. The van der Waals surface area contributed by atoms with Crippen LogP contribution in [-0.4, -0.2) is 58.2 Å². The number of amides is 3. The molecule has 2 bridgehead atoms. The minimum Gasteiger partial charge on any atom is -0.356 e. The lowest BCUT2D eigenvalue weighted by atomic mass is 9.71. The summed E-state index contributed by atoms with van der Waals surface area (Å²) in [7, 11) is 0. The molecule has 3 N–H and O–H groups in total. The molecule has 6 rings (SSSR count). The molecule has 12 heteroatoms. The van der Waals surface area contributed by atoms with Crippen LogP contribution in [0, 0.1) is 34.8 Å². The first-order chi connectivity index (χ1) is 17.6. The Morgan fingerprint density at radius 1 is 1.22 bits per heavy atom. The van der Waals surface area contributed by atoms with E-state index in [0.29, 0.717) is 13.0 Å². The van der Waals surface area contributed by atoms with Crippen LogP contribution in [0.25, 0.3) is 10.9 Å². The van der Waals surface area contributed by atoms with Crippen LogP contribution >= 0.6 is 0 Å². The molecular weight excluding hydrogens is 494 g/mol. The van der Waals surface area contributed by atoms with E-state index < -0.39 is 65.8 Å². The molecule has 3 aliphatic heterocycles. The lowest BCUT2D eigenvalue weighted by Crippen LogP contribution is -2.68. The number of alkyl halides is 2. The van der Waals surface area contributed by atoms with Crippen molar-refractivity contribution in [2.75, 3.05) is 6.54 Å². The Labute approximate surface area is 209 Å². The van der Waals surface area contributed by atoms with Gasteiger partial charge in [0.2, 0.25) is 11.8 Å². The highest BCUT2D eigenvalue weighted by Gasteiger charge is 2.60. The molecule has 37 heavy (non-hydrogen) atoms. The number of fused-ring (bicyclic) bond motifs is 4. The number of nitrogens with zero attached hydrogens (tertiary/aromatic N) is 2. The number of H-pyrrole nitrogens is 1. The van der Waals surface area contributed by atoms with Crippen molar-refractivity contribution in [3.05, 3.63) is 35.5 Å². The number of carbonyl (C=O) groups is 3. The number of rotatable bonds is 5.